The first-order valence-electron chi connectivity index (χ1n) is 9.37. The van der Waals surface area contributed by atoms with E-state index in [9.17, 15) is 18.0 Å². The Hall–Kier alpha value is -3.89. The van der Waals surface area contributed by atoms with E-state index in [0.29, 0.717) is 11.3 Å². The summed E-state index contributed by atoms with van der Waals surface area (Å²) in [7, 11) is 1.56. The Labute approximate surface area is 181 Å². The van der Waals surface area contributed by atoms with Gasteiger partial charge in [0.15, 0.2) is 0 Å². The second-order valence-electron chi connectivity index (χ2n) is 6.60. The molecule has 0 spiro atoms. The summed E-state index contributed by atoms with van der Waals surface area (Å²) >= 11 is 0. The third kappa shape index (κ3) is 5.84. The number of halogens is 3. The van der Waals surface area contributed by atoms with Crippen LogP contribution in [0.25, 0.3) is 11.4 Å². The van der Waals surface area contributed by atoms with Crippen molar-refractivity contribution in [3.8, 4) is 17.1 Å². The monoisotopic (exact) mass is 448 g/mol. The van der Waals surface area contributed by atoms with Crippen LogP contribution in [0.5, 0.6) is 5.75 Å². The zero-order valence-electron chi connectivity index (χ0n) is 17.1. The van der Waals surface area contributed by atoms with Crippen LogP contribution in [0.15, 0.2) is 58.2 Å². The lowest BCUT2D eigenvalue weighted by atomic mass is 10.1. The molecule has 1 N–H and O–H groups in total. The number of rotatable bonds is 8. The number of amides is 1. The molecule has 0 aliphatic rings. The molecule has 8 nitrogen and oxygen atoms in total. The maximum absolute atomic E-state index is 12.6. The molecule has 0 aliphatic heterocycles. The van der Waals surface area contributed by atoms with E-state index in [1.165, 1.54) is 30.5 Å². The molecule has 0 radical (unpaired) electrons. The minimum absolute atomic E-state index is 0.203. The number of hydrogen-bond acceptors (Lipinski definition) is 7. The fourth-order valence-corrected chi connectivity index (χ4v) is 2.62. The standard InChI is InChI=1S/C21H19F3N4O4/c1-13(11-25-31-12-16-5-3-4-6-17(16)30-2)26-19(29)15-9-7-14(8-10-15)18-27-20(32-28-18)21(22,23)24/h3-11,13H,12H2,1-2H3,(H,26,29). The molecule has 1 unspecified atom stereocenters. The Morgan fingerprint density at radius 1 is 1.22 bits per heavy atom. The highest BCUT2D eigenvalue weighted by molar-refractivity contribution is 5.96. The van der Waals surface area contributed by atoms with Crippen LogP contribution in [-0.4, -0.2) is 35.4 Å². The van der Waals surface area contributed by atoms with Crippen LogP contribution < -0.4 is 10.1 Å². The van der Waals surface area contributed by atoms with Crippen LogP contribution in [-0.2, 0) is 17.6 Å². The molecule has 1 atom stereocenters. The van der Waals surface area contributed by atoms with Crippen molar-refractivity contribution in [1.82, 2.24) is 15.5 Å². The van der Waals surface area contributed by atoms with Crippen LogP contribution in [0.2, 0.25) is 0 Å². The number of nitrogens with one attached hydrogen (secondary N) is 1. The van der Waals surface area contributed by atoms with Gasteiger partial charge in [-0.2, -0.15) is 18.2 Å². The van der Waals surface area contributed by atoms with Gasteiger partial charge in [0.2, 0.25) is 5.82 Å². The number of oxime groups is 1. The molecule has 1 amide bonds. The van der Waals surface area contributed by atoms with Gasteiger partial charge in [-0.1, -0.05) is 40.6 Å². The highest BCUT2D eigenvalue weighted by atomic mass is 19.4. The van der Waals surface area contributed by atoms with Gasteiger partial charge in [0, 0.05) is 16.7 Å². The van der Waals surface area contributed by atoms with E-state index in [2.05, 4.69) is 25.1 Å². The summed E-state index contributed by atoms with van der Waals surface area (Å²) in [6, 6.07) is 12.7. The minimum Gasteiger partial charge on any atom is -0.496 e. The first kappa shape index (κ1) is 22.8. The molecule has 2 aromatic carbocycles. The number of carbonyl (C=O) groups excluding carboxylic acids is 1. The molecule has 3 rings (SSSR count). The Bertz CT molecular complexity index is 1080. The molecule has 168 valence electrons. The van der Waals surface area contributed by atoms with Crippen molar-refractivity contribution in [3.05, 3.63) is 65.5 Å². The predicted octanol–water partition coefficient (Wildman–Crippen LogP) is 4.08. The van der Waals surface area contributed by atoms with Gasteiger partial charge in [-0.05, 0) is 25.1 Å². The quantitative estimate of drug-likeness (QED) is 0.412. The van der Waals surface area contributed by atoms with E-state index >= 15 is 0 Å². The van der Waals surface area contributed by atoms with E-state index in [1.54, 1.807) is 14.0 Å². The maximum Gasteiger partial charge on any atom is 0.471 e. The van der Waals surface area contributed by atoms with Crippen molar-refractivity contribution in [2.24, 2.45) is 5.16 Å². The number of aromatic nitrogens is 2. The number of para-hydroxylation sites is 1. The van der Waals surface area contributed by atoms with Crippen LogP contribution in [0, 0.1) is 0 Å². The van der Waals surface area contributed by atoms with Crippen molar-refractivity contribution in [2.45, 2.75) is 25.7 Å². The zero-order chi connectivity index (χ0) is 23.1. The SMILES string of the molecule is COc1ccccc1CON=CC(C)NC(=O)c1ccc(-c2noc(C(F)(F)F)n2)cc1. The van der Waals surface area contributed by atoms with Crippen LogP contribution in [0.4, 0.5) is 13.2 Å². The number of methoxy groups -OCH3 is 1. The molecular formula is C21H19F3N4O4. The van der Waals surface area contributed by atoms with E-state index in [0.717, 1.165) is 5.56 Å². The number of hydrogen-bond donors (Lipinski definition) is 1. The molecule has 0 saturated heterocycles. The van der Waals surface area contributed by atoms with Gasteiger partial charge < -0.3 is 19.4 Å². The summed E-state index contributed by atoms with van der Waals surface area (Å²) in [6.45, 7) is 1.91. The second kappa shape index (κ2) is 9.94. The number of carbonyl (C=O) groups is 1. The van der Waals surface area contributed by atoms with Gasteiger partial charge in [0.05, 0.1) is 19.4 Å². The number of alkyl halides is 3. The summed E-state index contributed by atoms with van der Waals surface area (Å²) in [5, 5.41) is 9.86. The lowest BCUT2D eigenvalue weighted by molar-refractivity contribution is -0.159. The smallest absolute Gasteiger partial charge is 0.471 e. The van der Waals surface area contributed by atoms with Crippen molar-refractivity contribution in [2.75, 3.05) is 7.11 Å². The topological polar surface area (TPSA) is 98.8 Å². The van der Waals surface area contributed by atoms with Crippen LogP contribution >= 0.6 is 0 Å². The normalized spacial score (nSPS) is 12.5. The molecule has 0 aliphatic carbocycles. The van der Waals surface area contributed by atoms with E-state index < -0.39 is 24.0 Å². The van der Waals surface area contributed by atoms with Crippen molar-refractivity contribution < 1.29 is 32.1 Å². The highest BCUT2D eigenvalue weighted by Gasteiger charge is 2.38. The number of nitrogens with zero attached hydrogens (tertiary/aromatic N) is 3. The molecule has 3 aromatic rings. The third-order valence-corrected chi connectivity index (χ3v) is 4.20. The Morgan fingerprint density at radius 3 is 2.59 bits per heavy atom. The largest absolute Gasteiger partial charge is 0.496 e. The van der Waals surface area contributed by atoms with Gasteiger partial charge in [-0.15, -0.1) is 0 Å². The van der Waals surface area contributed by atoms with Crippen molar-refractivity contribution >= 4 is 12.1 Å². The molecule has 1 aromatic heterocycles. The average Bonchev–Trinajstić information content (AvgIpc) is 3.28. The summed E-state index contributed by atoms with van der Waals surface area (Å²) in [4.78, 5) is 20.9. The molecule has 0 bridgehead atoms. The zero-order valence-corrected chi connectivity index (χ0v) is 17.1. The maximum atomic E-state index is 12.6. The van der Waals surface area contributed by atoms with Crippen molar-refractivity contribution in [1.29, 1.82) is 0 Å². The first-order chi connectivity index (χ1) is 15.3. The molecule has 0 fully saturated rings. The van der Waals surface area contributed by atoms with Gasteiger partial charge in [-0.25, -0.2) is 0 Å². The van der Waals surface area contributed by atoms with Crippen LogP contribution in [0.3, 0.4) is 0 Å². The molecule has 11 heteroatoms. The summed E-state index contributed by atoms with van der Waals surface area (Å²) in [5.41, 5.74) is 1.40. The fourth-order valence-electron chi connectivity index (χ4n) is 2.62. The van der Waals surface area contributed by atoms with E-state index in [-0.39, 0.29) is 18.0 Å². The number of benzene rings is 2. The predicted molar refractivity (Wildman–Crippen MR) is 108 cm³/mol. The third-order valence-electron chi connectivity index (χ3n) is 4.20. The Balaban J connectivity index is 1.52. The summed E-state index contributed by atoms with van der Waals surface area (Å²) in [6.07, 6.45) is -3.29. The molecular weight excluding hydrogens is 429 g/mol. The van der Waals surface area contributed by atoms with Crippen molar-refractivity contribution in [3.63, 3.8) is 0 Å². The Morgan fingerprint density at radius 2 is 1.94 bits per heavy atom. The van der Waals surface area contributed by atoms with Gasteiger partial charge in [0.1, 0.15) is 12.4 Å². The first-order valence-corrected chi connectivity index (χ1v) is 9.37. The van der Waals surface area contributed by atoms with Gasteiger partial charge in [0.25, 0.3) is 5.91 Å². The number of ether oxygens (including phenoxy) is 1. The van der Waals surface area contributed by atoms with Gasteiger partial charge >= 0.3 is 12.1 Å². The molecule has 1 heterocycles. The molecule has 32 heavy (non-hydrogen) atoms. The fraction of sp³-hybridized carbons (Fsp3) is 0.238. The van der Waals surface area contributed by atoms with Crippen LogP contribution in [0.1, 0.15) is 28.7 Å². The highest BCUT2D eigenvalue weighted by Crippen LogP contribution is 2.29. The Kier molecular flexibility index (Phi) is 7.08. The average molecular weight is 448 g/mol. The summed E-state index contributed by atoms with van der Waals surface area (Å²) in [5.74, 6) is -1.38. The molecule has 0 saturated carbocycles. The lowest BCUT2D eigenvalue weighted by Gasteiger charge is -2.10. The summed E-state index contributed by atoms with van der Waals surface area (Å²) < 4.78 is 47.1. The lowest BCUT2D eigenvalue weighted by Crippen LogP contribution is -2.33. The van der Waals surface area contributed by atoms with E-state index in [4.69, 9.17) is 9.57 Å². The van der Waals surface area contributed by atoms with E-state index in [1.807, 2.05) is 24.3 Å². The minimum atomic E-state index is -4.72. The van der Waals surface area contributed by atoms with Gasteiger partial charge in [-0.3, -0.25) is 4.79 Å². The second-order valence-corrected chi connectivity index (χ2v) is 6.60.